The third-order valence-electron chi connectivity index (χ3n) is 5.46. The van der Waals surface area contributed by atoms with Crippen molar-refractivity contribution in [2.45, 2.75) is 29.1 Å². The molecule has 8 heteroatoms. The zero-order valence-corrected chi connectivity index (χ0v) is 15.9. The Hall–Kier alpha value is -0.990. The Kier molecular flexibility index (Phi) is 4.40. The molecule has 1 aliphatic heterocycles. The molecule has 0 bridgehead atoms. The Morgan fingerprint density at radius 3 is 2.84 bits per heavy atom. The van der Waals surface area contributed by atoms with Gasteiger partial charge in [0.25, 0.3) is 10.0 Å². The molecular formula is C17H19ClN2O3S2. The van der Waals surface area contributed by atoms with Gasteiger partial charge in [0, 0.05) is 37.0 Å². The average molecular weight is 399 g/mol. The number of thiophene rings is 1. The van der Waals surface area contributed by atoms with Gasteiger partial charge >= 0.3 is 0 Å². The van der Waals surface area contributed by atoms with E-state index >= 15 is 0 Å². The van der Waals surface area contributed by atoms with Crippen molar-refractivity contribution in [2.75, 3.05) is 13.1 Å². The molecule has 3 heterocycles. The highest BCUT2D eigenvalue weighted by Gasteiger charge is 2.52. The Morgan fingerprint density at radius 2 is 2.16 bits per heavy atom. The van der Waals surface area contributed by atoms with Gasteiger partial charge in [-0.05, 0) is 43.4 Å². The molecule has 0 radical (unpaired) electrons. The first-order chi connectivity index (χ1) is 11.9. The molecular weight excluding hydrogens is 380 g/mol. The first-order valence-electron chi connectivity index (χ1n) is 8.29. The van der Waals surface area contributed by atoms with Gasteiger partial charge in [-0.2, -0.15) is 4.31 Å². The van der Waals surface area contributed by atoms with Crippen LogP contribution in [0.25, 0.3) is 0 Å². The maximum atomic E-state index is 12.9. The van der Waals surface area contributed by atoms with Crippen LogP contribution >= 0.6 is 22.9 Å². The maximum absolute atomic E-state index is 12.9. The van der Waals surface area contributed by atoms with Crippen molar-refractivity contribution in [1.82, 2.24) is 9.29 Å². The van der Waals surface area contributed by atoms with Crippen LogP contribution in [0.2, 0.25) is 4.34 Å². The number of aromatic nitrogens is 1. The summed E-state index contributed by atoms with van der Waals surface area (Å²) in [5, 5.41) is 11.4. The fourth-order valence-electron chi connectivity index (χ4n) is 4.22. The summed E-state index contributed by atoms with van der Waals surface area (Å²) in [6.45, 7) is 0.777. The molecule has 2 aromatic heterocycles. The predicted molar refractivity (Wildman–Crippen MR) is 97.1 cm³/mol. The SMILES string of the molecule is O=S(=O)(c1ccc(Cl)s1)N1C[C@H]2CCC[C@](O)(c3cccnc3)[C@H]2C1. The second-order valence-corrected chi connectivity index (χ2v) is 10.7. The molecule has 0 aromatic carbocycles. The average Bonchev–Trinajstić information content (AvgIpc) is 3.24. The molecule has 3 atom stereocenters. The molecule has 4 rings (SSSR count). The van der Waals surface area contributed by atoms with Crippen molar-refractivity contribution in [3.8, 4) is 0 Å². The zero-order valence-electron chi connectivity index (χ0n) is 13.5. The lowest BCUT2D eigenvalue weighted by Gasteiger charge is -2.41. The van der Waals surface area contributed by atoms with Gasteiger partial charge in [0.05, 0.1) is 9.94 Å². The van der Waals surface area contributed by atoms with E-state index in [9.17, 15) is 13.5 Å². The summed E-state index contributed by atoms with van der Waals surface area (Å²) < 4.78 is 28.1. The molecule has 1 saturated carbocycles. The molecule has 0 amide bonds. The number of aliphatic hydroxyl groups is 1. The molecule has 2 aromatic rings. The van der Waals surface area contributed by atoms with Gasteiger partial charge in [-0.1, -0.05) is 17.7 Å². The fourth-order valence-corrected chi connectivity index (χ4v) is 7.38. The largest absolute Gasteiger partial charge is 0.385 e. The number of halogens is 1. The first-order valence-corrected chi connectivity index (χ1v) is 10.9. The summed E-state index contributed by atoms with van der Waals surface area (Å²) >= 11 is 6.98. The van der Waals surface area contributed by atoms with Crippen molar-refractivity contribution >= 4 is 33.0 Å². The number of pyridine rings is 1. The maximum Gasteiger partial charge on any atom is 0.252 e. The second kappa shape index (κ2) is 6.32. The molecule has 1 N–H and O–H groups in total. The fraction of sp³-hybridized carbons (Fsp3) is 0.471. The summed E-state index contributed by atoms with van der Waals surface area (Å²) in [7, 11) is -3.57. The number of nitrogens with zero attached hydrogens (tertiary/aromatic N) is 2. The van der Waals surface area contributed by atoms with E-state index in [0.717, 1.165) is 29.7 Å². The van der Waals surface area contributed by atoms with E-state index in [-0.39, 0.29) is 16.0 Å². The van der Waals surface area contributed by atoms with E-state index in [1.807, 2.05) is 12.1 Å². The van der Waals surface area contributed by atoms with E-state index in [1.54, 1.807) is 24.5 Å². The van der Waals surface area contributed by atoms with E-state index < -0.39 is 15.6 Å². The topological polar surface area (TPSA) is 70.5 Å². The minimum atomic E-state index is -3.57. The predicted octanol–water partition coefficient (Wildman–Crippen LogP) is 3.10. The summed E-state index contributed by atoms with van der Waals surface area (Å²) in [6.07, 6.45) is 5.83. The Morgan fingerprint density at radius 1 is 1.32 bits per heavy atom. The highest BCUT2D eigenvalue weighted by Crippen LogP contribution is 2.49. The van der Waals surface area contributed by atoms with Gasteiger partial charge in [-0.15, -0.1) is 11.3 Å². The molecule has 1 saturated heterocycles. The van der Waals surface area contributed by atoms with Crippen LogP contribution < -0.4 is 0 Å². The van der Waals surface area contributed by atoms with Crippen molar-refractivity contribution in [2.24, 2.45) is 11.8 Å². The van der Waals surface area contributed by atoms with Crippen molar-refractivity contribution in [1.29, 1.82) is 0 Å². The van der Waals surface area contributed by atoms with Crippen LogP contribution in [-0.4, -0.2) is 35.9 Å². The molecule has 1 aliphatic carbocycles. The monoisotopic (exact) mass is 398 g/mol. The van der Waals surface area contributed by atoms with Gasteiger partial charge in [0.1, 0.15) is 4.21 Å². The highest BCUT2D eigenvalue weighted by molar-refractivity contribution is 7.91. The molecule has 0 spiro atoms. The third kappa shape index (κ3) is 2.92. The smallest absolute Gasteiger partial charge is 0.252 e. The quantitative estimate of drug-likeness (QED) is 0.862. The van der Waals surface area contributed by atoms with Gasteiger partial charge in [0.15, 0.2) is 0 Å². The molecule has 5 nitrogen and oxygen atoms in total. The molecule has 0 unspecified atom stereocenters. The van der Waals surface area contributed by atoms with E-state index in [4.69, 9.17) is 11.6 Å². The van der Waals surface area contributed by atoms with E-state index in [2.05, 4.69) is 4.98 Å². The summed E-state index contributed by atoms with van der Waals surface area (Å²) in [4.78, 5) is 4.13. The lowest BCUT2D eigenvalue weighted by molar-refractivity contribution is -0.0643. The Labute approximate surface area is 156 Å². The summed E-state index contributed by atoms with van der Waals surface area (Å²) in [5.41, 5.74) is -0.239. The van der Waals surface area contributed by atoms with Gasteiger partial charge < -0.3 is 5.11 Å². The van der Waals surface area contributed by atoms with Crippen LogP contribution in [-0.2, 0) is 15.6 Å². The number of hydrogen-bond donors (Lipinski definition) is 1. The second-order valence-electron chi connectivity index (χ2n) is 6.81. The van der Waals surface area contributed by atoms with Crippen LogP contribution in [0.4, 0.5) is 0 Å². The van der Waals surface area contributed by atoms with Gasteiger partial charge in [-0.25, -0.2) is 8.42 Å². The van der Waals surface area contributed by atoms with Crippen LogP contribution in [0.3, 0.4) is 0 Å². The molecule has 134 valence electrons. The number of fused-ring (bicyclic) bond motifs is 1. The minimum Gasteiger partial charge on any atom is -0.385 e. The lowest BCUT2D eigenvalue weighted by Crippen LogP contribution is -2.43. The third-order valence-corrected chi connectivity index (χ3v) is 8.99. The zero-order chi connectivity index (χ0) is 17.7. The van der Waals surface area contributed by atoms with Crippen LogP contribution in [0.5, 0.6) is 0 Å². The van der Waals surface area contributed by atoms with E-state index in [0.29, 0.717) is 23.8 Å². The van der Waals surface area contributed by atoms with Crippen LogP contribution in [0.15, 0.2) is 40.9 Å². The van der Waals surface area contributed by atoms with Crippen molar-refractivity contribution < 1.29 is 13.5 Å². The number of rotatable bonds is 3. The Balaban J connectivity index is 1.65. The van der Waals surface area contributed by atoms with Gasteiger partial charge in [0.2, 0.25) is 0 Å². The molecule has 2 aliphatic rings. The highest BCUT2D eigenvalue weighted by atomic mass is 35.5. The van der Waals surface area contributed by atoms with Crippen molar-refractivity contribution in [3.05, 3.63) is 46.6 Å². The first kappa shape index (κ1) is 17.4. The number of sulfonamides is 1. The normalized spacial score (nSPS) is 30.3. The van der Waals surface area contributed by atoms with Crippen LogP contribution in [0, 0.1) is 11.8 Å². The molecule has 25 heavy (non-hydrogen) atoms. The lowest BCUT2D eigenvalue weighted by atomic mass is 9.68. The van der Waals surface area contributed by atoms with E-state index in [1.165, 1.54) is 4.31 Å². The summed E-state index contributed by atoms with van der Waals surface area (Å²) in [5.74, 6) is 0.0415. The summed E-state index contributed by atoms with van der Waals surface area (Å²) in [6, 6.07) is 6.85. The van der Waals surface area contributed by atoms with Crippen molar-refractivity contribution in [3.63, 3.8) is 0 Å². The standard InChI is InChI=1S/C17H19ClN2O3S2/c18-15-5-6-16(24-15)25(22,23)20-10-12-3-1-7-17(21,14(12)11-20)13-4-2-8-19-9-13/h2,4-6,8-9,12,14,21H,1,3,7,10-11H2/t12-,14+,17+/m1/s1. The Bertz CT molecular complexity index is 871. The minimum absolute atomic E-state index is 0.115. The number of hydrogen-bond acceptors (Lipinski definition) is 5. The molecule has 2 fully saturated rings. The van der Waals surface area contributed by atoms with Gasteiger partial charge in [-0.3, -0.25) is 4.98 Å². The van der Waals surface area contributed by atoms with Crippen LogP contribution in [0.1, 0.15) is 24.8 Å².